The maximum atomic E-state index is 13.9. The van der Waals surface area contributed by atoms with Crippen molar-refractivity contribution < 1.29 is 24.0 Å². The van der Waals surface area contributed by atoms with Crippen LogP contribution in [0.2, 0.25) is 0 Å². The van der Waals surface area contributed by atoms with E-state index in [1.807, 2.05) is 74.5 Å². The van der Waals surface area contributed by atoms with E-state index in [0.717, 1.165) is 11.1 Å². The van der Waals surface area contributed by atoms with Gasteiger partial charge in [-0.1, -0.05) is 74.5 Å². The molecule has 1 saturated heterocycles. The van der Waals surface area contributed by atoms with Crippen LogP contribution in [0.5, 0.6) is 0 Å². The molecule has 0 radical (unpaired) electrons. The highest BCUT2D eigenvalue weighted by Gasteiger charge is 2.33. The zero-order valence-corrected chi connectivity index (χ0v) is 29.7. The predicted molar refractivity (Wildman–Crippen MR) is 194 cm³/mol. The van der Waals surface area contributed by atoms with Gasteiger partial charge < -0.3 is 43.0 Å². The van der Waals surface area contributed by atoms with Gasteiger partial charge in [-0.15, -0.1) is 0 Å². The van der Waals surface area contributed by atoms with Crippen LogP contribution in [-0.4, -0.2) is 91.5 Å². The Balaban J connectivity index is 1.74. The summed E-state index contributed by atoms with van der Waals surface area (Å²) in [6.07, 6.45) is 3.72. The number of nitrogens with zero attached hydrogens (tertiary/aromatic N) is 1. The van der Waals surface area contributed by atoms with Crippen molar-refractivity contribution in [1.82, 2.24) is 31.5 Å². The Morgan fingerprint density at radius 1 is 0.760 bits per heavy atom. The molecule has 274 valence electrons. The highest BCUT2D eigenvalue weighted by Crippen LogP contribution is 2.15. The Morgan fingerprint density at radius 3 is 1.86 bits per heavy atom. The summed E-state index contributed by atoms with van der Waals surface area (Å²) in [5.41, 5.74) is 13.7. The number of benzene rings is 2. The Labute approximate surface area is 296 Å². The fraction of sp³-hybridized carbons (Fsp3) is 0.541. The Kier molecular flexibility index (Phi) is 16.7. The summed E-state index contributed by atoms with van der Waals surface area (Å²) in [5.74, 6) is -1.64. The Bertz CT molecular complexity index is 1370. The topological polar surface area (TPSA) is 201 Å². The molecule has 3 rings (SSSR count). The Hall–Kier alpha value is -4.49. The fourth-order valence-electron chi connectivity index (χ4n) is 6.02. The van der Waals surface area contributed by atoms with Crippen LogP contribution < -0.4 is 38.1 Å². The minimum Gasteiger partial charge on any atom is -0.343 e. The number of hydrogen-bond acceptors (Lipinski definition) is 7. The molecule has 1 unspecified atom stereocenters. The fourth-order valence-corrected chi connectivity index (χ4v) is 6.02. The normalized spacial score (nSPS) is 15.7. The van der Waals surface area contributed by atoms with E-state index in [0.29, 0.717) is 64.6 Å². The molecule has 50 heavy (non-hydrogen) atoms. The number of nitrogens with one attached hydrogen (secondary N) is 5. The highest BCUT2D eigenvalue weighted by molar-refractivity contribution is 5.95. The summed E-state index contributed by atoms with van der Waals surface area (Å²) in [4.78, 5) is 68.3. The van der Waals surface area contributed by atoms with Crippen molar-refractivity contribution in [3.8, 4) is 0 Å². The first-order valence-corrected chi connectivity index (χ1v) is 17.7. The van der Waals surface area contributed by atoms with Gasteiger partial charge in [-0.05, 0) is 68.5 Å². The second-order valence-electron chi connectivity index (χ2n) is 13.4. The molecule has 1 fully saturated rings. The molecule has 9 N–H and O–H groups in total. The molecule has 4 atom stereocenters. The van der Waals surface area contributed by atoms with Crippen molar-refractivity contribution in [3.63, 3.8) is 0 Å². The van der Waals surface area contributed by atoms with Crippen molar-refractivity contribution in [1.29, 1.82) is 0 Å². The van der Waals surface area contributed by atoms with Gasteiger partial charge in [0, 0.05) is 32.6 Å². The average Bonchev–Trinajstić information content (AvgIpc) is 3.11. The van der Waals surface area contributed by atoms with Crippen LogP contribution in [0.1, 0.15) is 63.5 Å². The standard InChI is InChI=1S/C37H56N8O5/c1-25(2)22-31(34(47)42-30(16-10-11-19-38)36(49)45-20-17-28(18-21-45)41-37(50)40-3)44-35(48)32(24-27-14-8-5-9-15-27)43-33(46)29(39)23-26-12-6-4-7-13-26/h4-9,12-15,25,28-32H,10-11,16-24,38-39H2,1-3H3,(H,42,47)(H,43,46)(H,44,48)(H2,40,41,50)/t29-,30-,31-,32?/m1/s1. The molecule has 13 heteroatoms. The maximum absolute atomic E-state index is 13.9. The summed E-state index contributed by atoms with van der Waals surface area (Å²) >= 11 is 0. The molecule has 0 bridgehead atoms. The van der Waals surface area contributed by atoms with Gasteiger partial charge in [0.2, 0.25) is 23.6 Å². The molecule has 0 spiro atoms. The monoisotopic (exact) mass is 692 g/mol. The van der Waals surface area contributed by atoms with Gasteiger partial charge in [0.05, 0.1) is 6.04 Å². The maximum Gasteiger partial charge on any atom is 0.314 e. The van der Waals surface area contributed by atoms with Gasteiger partial charge >= 0.3 is 6.03 Å². The first-order valence-electron chi connectivity index (χ1n) is 17.7. The summed E-state index contributed by atoms with van der Waals surface area (Å²) in [5, 5.41) is 14.1. The number of nitrogens with two attached hydrogens (primary N) is 2. The van der Waals surface area contributed by atoms with E-state index < -0.39 is 41.9 Å². The van der Waals surface area contributed by atoms with Crippen molar-refractivity contribution >= 4 is 29.7 Å². The van der Waals surface area contributed by atoms with Crippen molar-refractivity contribution in [2.45, 2.75) is 95.4 Å². The zero-order valence-electron chi connectivity index (χ0n) is 29.7. The lowest BCUT2D eigenvalue weighted by Crippen LogP contribution is -2.59. The number of piperidine rings is 1. The van der Waals surface area contributed by atoms with E-state index in [1.54, 1.807) is 11.9 Å². The average molecular weight is 693 g/mol. The zero-order chi connectivity index (χ0) is 36.5. The smallest absolute Gasteiger partial charge is 0.314 e. The lowest BCUT2D eigenvalue weighted by molar-refractivity contribution is -0.138. The third-order valence-electron chi connectivity index (χ3n) is 8.82. The largest absolute Gasteiger partial charge is 0.343 e. The molecule has 0 aromatic heterocycles. The molecule has 2 aromatic rings. The summed E-state index contributed by atoms with van der Waals surface area (Å²) in [6, 6.07) is 14.7. The molecule has 0 aliphatic carbocycles. The number of rotatable bonds is 18. The number of likely N-dealkylation sites (tertiary alicyclic amines) is 1. The number of urea groups is 1. The molecule has 2 aromatic carbocycles. The second-order valence-corrected chi connectivity index (χ2v) is 13.4. The lowest BCUT2D eigenvalue weighted by Gasteiger charge is -2.35. The third kappa shape index (κ3) is 13.4. The third-order valence-corrected chi connectivity index (χ3v) is 8.82. The molecule has 1 aliphatic rings. The van der Waals surface area contributed by atoms with E-state index in [-0.39, 0.29) is 30.3 Å². The van der Waals surface area contributed by atoms with Crippen molar-refractivity contribution in [2.24, 2.45) is 17.4 Å². The van der Waals surface area contributed by atoms with E-state index >= 15 is 0 Å². The Morgan fingerprint density at radius 2 is 1.30 bits per heavy atom. The van der Waals surface area contributed by atoms with E-state index in [4.69, 9.17) is 11.5 Å². The molecule has 1 heterocycles. The molecular weight excluding hydrogens is 636 g/mol. The van der Waals surface area contributed by atoms with Crippen LogP contribution in [-0.2, 0) is 32.0 Å². The quantitative estimate of drug-likeness (QED) is 0.114. The molecule has 13 nitrogen and oxygen atoms in total. The van der Waals surface area contributed by atoms with E-state index in [2.05, 4.69) is 26.6 Å². The lowest BCUT2D eigenvalue weighted by atomic mass is 9.99. The minimum atomic E-state index is -0.999. The SMILES string of the molecule is CNC(=O)NC1CCN(C(=O)[C@@H](CCCCN)NC(=O)[C@@H](CC(C)C)NC(=O)C(Cc2ccccc2)NC(=O)[C@H](N)Cc2ccccc2)CC1. The minimum absolute atomic E-state index is 0.0331. The first-order chi connectivity index (χ1) is 24.0. The number of carbonyl (C=O) groups excluding carboxylic acids is 5. The highest BCUT2D eigenvalue weighted by atomic mass is 16.2. The van der Waals surface area contributed by atoms with Crippen molar-refractivity contribution in [3.05, 3.63) is 71.8 Å². The van der Waals surface area contributed by atoms with Crippen LogP contribution in [0.4, 0.5) is 4.79 Å². The van der Waals surface area contributed by atoms with Gasteiger partial charge in [-0.25, -0.2) is 4.79 Å². The second kappa shape index (κ2) is 20.9. The van der Waals surface area contributed by atoms with Crippen LogP contribution in [0.15, 0.2) is 60.7 Å². The number of amides is 6. The first kappa shape index (κ1) is 39.9. The van der Waals surface area contributed by atoms with Gasteiger partial charge in [0.15, 0.2) is 0 Å². The number of unbranched alkanes of at least 4 members (excludes halogenated alkanes) is 1. The van der Waals surface area contributed by atoms with Crippen LogP contribution >= 0.6 is 0 Å². The van der Waals surface area contributed by atoms with E-state index in [9.17, 15) is 24.0 Å². The summed E-state index contributed by atoms with van der Waals surface area (Å²) in [7, 11) is 1.56. The van der Waals surface area contributed by atoms with Gasteiger partial charge in [0.1, 0.15) is 18.1 Å². The van der Waals surface area contributed by atoms with Gasteiger partial charge in [-0.2, -0.15) is 0 Å². The van der Waals surface area contributed by atoms with Crippen LogP contribution in [0, 0.1) is 5.92 Å². The number of hydrogen-bond donors (Lipinski definition) is 7. The van der Waals surface area contributed by atoms with Crippen molar-refractivity contribution in [2.75, 3.05) is 26.7 Å². The van der Waals surface area contributed by atoms with E-state index in [1.165, 1.54) is 0 Å². The molecule has 6 amide bonds. The molecular formula is C37H56N8O5. The molecule has 0 saturated carbocycles. The summed E-state index contributed by atoms with van der Waals surface area (Å²) < 4.78 is 0. The predicted octanol–water partition coefficient (Wildman–Crippen LogP) is 1.35. The number of carbonyl (C=O) groups is 5. The van der Waals surface area contributed by atoms with Gasteiger partial charge in [0.25, 0.3) is 0 Å². The summed E-state index contributed by atoms with van der Waals surface area (Å²) in [6.45, 7) is 5.23. The van der Waals surface area contributed by atoms with Crippen LogP contribution in [0.3, 0.4) is 0 Å². The molecule has 1 aliphatic heterocycles. The van der Waals surface area contributed by atoms with Gasteiger partial charge in [-0.3, -0.25) is 19.2 Å². The van der Waals surface area contributed by atoms with Crippen LogP contribution in [0.25, 0.3) is 0 Å².